The van der Waals surface area contributed by atoms with Gasteiger partial charge in [0.25, 0.3) is 11.8 Å². The summed E-state index contributed by atoms with van der Waals surface area (Å²) >= 11 is 0. The Morgan fingerprint density at radius 2 is 1.88 bits per heavy atom. The first-order chi connectivity index (χ1) is 12.2. The first-order valence-corrected chi connectivity index (χ1v) is 7.58. The predicted molar refractivity (Wildman–Crippen MR) is 90.9 cm³/mol. The maximum Gasteiger partial charge on any atom is 0.275 e. The zero-order chi connectivity index (χ0) is 17.6. The van der Waals surface area contributed by atoms with Gasteiger partial charge in [-0.1, -0.05) is 36.4 Å². The number of amides is 2. The molecule has 7 nitrogen and oxygen atoms in total. The highest BCUT2D eigenvalue weighted by atomic mass is 16.5. The average Bonchev–Trinajstić information content (AvgIpc) is 3.21. The number of H-pyrrole nitrogens is 1. The molecule has 0 aliphatic heterocycles. The van der Waals surface area contributed by atoms with Crippen molar-refractivity contribution in [2.24, 2.45) is 0 Å². The van der Waals surface area contributed by atoms with E-state index in [1.54, 1.807) is 17.6 Å². The van der Waals surface area contributed by atoms with Crippen molar-refractivity contribution in [1.82, 2.24) is 20.8 Å². The number of aromatic amines is 1. The second-order valence-electron chi connectivity index (χ2n) is 5.33. The first-order valence-electron chi connectivity index (χ1n) is 7.58. The van der Waals surface area contributed by atoms with E-state index in [9.17, 15) is 9.59 Å². The van der Waals surface area contributed by atoms with Crippen LogP contribution in [0.4, 0.5) is 0 Å². The molecule has 25 heavy (non-hydrogen) atoms. The summed E-state index contributed by atoms with van der Waals surface area (Å²) in [5.74, 6) is -0.858. The molecule has 4 N–H and O–H groups in total. The maximum absolute atomic E-state index is 12.0. The van der Waals surface area contributed by atoms with E-state index in [4.69, 9.17) is 5.21 Å². The Morgan fingerprint density at radius 3 is 2.56 bits per heavy atom. The molecule has 2 amide bonds. The first kappa shape index (κ1) is 16.4. The van der Waals surface area contributed by atoms with E-state index in [1.807, 2.05) is 36.4 Å². The number of carbonyl (C=O) groups excluding carboxylic acids is 2. The normalized spacial score (nSPS) is 10.3. The molecule has 2 aromatic carbocycles. The number of hydroxylamine groups is 1. The lowest BCUT2D eigenvalue weighted by Gasteiger charge is -2.11. The fourth-order valence-electron chi connectivity index (χ4n) is 2.47. The van der Waals surface area contributed by atoms with E-state index >= 15 is 0 Å². The average molecular weight is 336 g/mol. The van der Waals surface area contributed by atoms with Crippen LogP contribution < -0.4 is 10.8 Å². The van der Waals surface area contributed by atoms with Crippen molar-refractivity contribution in [2.45, 2.75) is 6.54 Å². The van der Waals surface area contributed by atoms with Gasteiger partial charge in [-0.05, 0) is 28.8 Å². The van der Waals surface area contributed by atoms with E-state index in [0.29, 0.717) is 23.4 Å². The van der Waals surface area contributed by atoms with Gasteiger partial charge in [0.2, 0.25) is 0 Å². The Bertz CT molecular complexity index is 877. The Hall–Kier alpha value is -3.45. The van der Waals surface area contributed by atoms with E-state index in [1.165, 1.54) is 12.5 Å². The highest BCUT2D eigenvalue weighted by Gasteiger charge is 2.14. The molecule has 3 aromatic rings. The minimum atomic E-state index is -0.591. The van der Waals surface area contributed by atoms with Gasteiger partial charge in [0.15, 0.2) is 0 Å². The van der Waals surface area contributed by atoms with Crippen LogP contribution in [0.25, 0.3) is 11.1 Å². The summed E-state index contributed by atoms with van der Waals surface area (Å²) in [4.78, 5) is 30.4. The fraction of sp³-hybridized carbons (Fsp3) is 0.0556. The molecule has 0 atom stereocenters. The summed E-state index contributed by atoms with van der Waals surface area (Å²) < 4.78 is 0. The summed E-state index contributed by atoms with van der Waals surface area (Å²) in [5, 5.41) is 11.7. The number of nitrogens with one attached hydrogen (secondary N) is 3. The second-order valence-corrected chi connectivity index (χ2v) is 5.33. The van der Waals surface area contributed by atoms with Crippen molar-refractivity contribution in [2.75, 3.05) is 0 Å². The van der Waals surface area contributed by atoms with Crippen LogP contribution >= 0.6 is 0 Å². The molecule has 3 rings (SSSR count). The van der Waals surface area contributed by atoms with Crippen molar-refractivity contribution in [3.8, 4) is 11.1 Å². The van der Waals surface area contributed by atoms with Gasteiger partial charge in [0.1, 0.15) is 5.69 Å². The van der Waals surface area contributed by atoms with E-state index in [2.05, 4.69) is 15.3 Å². The number of carbonyl (C=O) groups is 2. The molecule has 0 saturated heterocycles. The number of aromatic nitrogens is 2. The van der Waals surface area contributed by atoms with Crippen molar-refractivity contribution < 1.29 is 14.8 Å². The van der Waals surface area contributed by atoms with Gasteiger partial charge in [-0.25, -0.2) is 10.5 Å². The maximum atomic E-state index is 12.0. The number of benzene rings is 2. The molecule has 0 aliphatic carbocycles. The smallest absolute Gasteiger partial charge is 0.275 e. The third-order valence-corrected chi connectivity index (χ3v) is 3.71. The Labute approximate surface area is 143 Å². The largest absolute Gasteiger partial charge is 0.347 e. The standard InChI is InChI=1S/C18H16N4O3/c23-17(22-25)14-7-6-12(8-15(14)13-4-2-1-3-5-13)9-20-18(24)16-10-19-11-21-16/h1-8,10-11,25H,9H2,(H,19,21)(H,20,24)(H,22,23). The Morgan fingerprint density at radius 1 is 1.08 bits per heavy atom. The van der Waals surface area contributed by atoms with Crippen LogP contribution in [0.5, 0.6) is 0 Å². The van der Waals surface area contributed by atoms with Crippen LogP contribution in [-0.4, -0.2) is 27.0 Å². The quantitative estimate of drug-likeness (QED) is 0.423. The molecule has 0 unspecified atom stereocenters. The van der Waals surface area contributed by atoms with E-state index in [-0.39, 0.29) is 5.91 Å². The number of imidazole rings is 1. The van der Waals surface area contributed by atoms with Crippen LogP contribution in [0.15, 0.2) is 61.1 Å². The molecule has 1 heterocycles. The zero-order valence-corrected chi connectivity index (χ0v) is 13.2. The molecule has 0 aliphatic rings. The minimum Gasteiger partial charge on any atom is -0.347 e. The molecule has 0 fully saturated rings. The lowest BCUT2D eigenvalue weighted by Crippen LogP contribution is -2.23. The van der Waals surface area contributed by atoms with Crippen LogP contribution in [0, 0.1) is 0 Å². The number of hydrogen-bond donors (Lipinski definition) is 4. The monoisotopic (exact) mass is 336 g/mol. The van der Waals surface area contributed by atoms with Gasteiger partial charge in [0.05, 0.1) is 12.5 Å². The molecule has 126 valence electrons. The topological polar surface area (TPSA) is 107 Å². The van der Waals surface area contributed by atoms with Crippen LogP contribution in [-0.2, 0) is 6.54 Å². The van der Waals surface area contributed by atoms with Gasteiger partial charge in [0, 0.05) is 12.1 Å². The molecule has 1 aromatic heterocycles. The molecule has 0 saturated carbocycles. The van der Waals surface area contributed by atoms with Gasteiger partial charge in [-0.2, -0.15) is 0 Å². The molecular formula is C18H16N4O3. The highest BCUT2D eigenvalue weighted by molar-refractivity contribution is 6.00. The number of nitrogens with zero attached hydrogens (tertiary/aromatic N) is 1. The Kier molecular flexibility index (Phi) is 4.87. The van der Waals surface area contributed by atoms with E-state index in [0.717, 1.165) is 11.1 Å². The summed E-state index contributed by atoms with van der Waals surface area (Å²) in [6.45, 7) is 0.290. The van der Waals surface area contributed by atoms with Gasteiger partial charge < -0.3 is 10.3 Å². The summed E-state index contributed by atoms with van der Waals surface area (Å²) in [6, 6.07) is 14.5. The van der Waals surface area contributed by atoms with Crippen molar-refractivity contribution in [1.29, 1.82) is 0 Å². The van der Waals surface area contributed by atoms with Gasteiger partial charge in [-0.15, -0.1) is 0 Å². The molecule has 0 bridgehead atoms. The minimum absolute atomic E-state index is 0.268. The third-order valence-electron chi connectivity index (χ3n) is 3.71. The van der Waals surface area contributed by atoms with Crippen LogP contribution in [0.2, 0.25) is 0 Å². The predicted octanol–water partition coefficient (Wildman–Crippen LogP) is 2.13. The SMILES string of the molecule is O=C(NCc1ccc(C(=O)NO)c(-c2ccccc2)c1)c1cnc[nH]1. The number of rotatable bonds is 5. The molecule has 0 spiro atoms. The Balaban J connectivity index is 1.86. The lowest BCUT2D eigenvalue weighted by atomic mass is 9.97. The second kappa shape index (κ2) is 7.41. The van der Waals surface area contributed by atoms with Crippen molar-refractivity contribution >= 4 is 11.8 Å². The van der Waals surface area contributed by atoms with Gasteiger partial charge >= 0.3 is 0 Å². The lowest BCUT2D eigenvalue weighted by molar-refractivity contribution is 0.0707. The summed E-state index contributed by atoms with van der Waals surface area (Å²) in [7, 11) is 0. The van der Waals surface area contributed by atoms with Crippen molar-refractivity contribution in [3.63, 3.8) is 0 Å². The highest BCUT2D eigenvalue weighted by Crippen LogP contribution is 2.25. The summed E-state index contributed by atoms with van der Waals surface area (Å²) in [6.07, 6.45) is 2.88. The number of hydrogen-bond acceptors (Lipinski definition) is 4. The molecular weight excluding hydrogens is 320 g/mol. The van der Waals surface area contributed by atoms with Crippen LogP contribution in [0.1, 0.15) is 26.4 Å². The van der Waals surface area contributed by atoms with Crippen LogP contribution in [0.3, 0.4) is 0 Å². The third kappa shape index (κ3) is 3.73. The fourth-order valence-corrected chi connectivity index (χ4v) is 2.47. The zero-order valence-electron chi connectivity index (χ0n) is 13.2. The molecule has 7 heteroatoms. The summed E-state index contributed by atoms with van der Waals surface area (Å²) in [5.41, 5.74) is 4.70. The molecule has 0 radical (unpaired) electrons. The van der Waals surface area contributed by atoms with E-state index < -0.39 is 5.91 Å². The van der Waals surface area contributed by atoms with Gasteiger partial charge in [-0.3, -0.25) is 14.8 Å². The van der Waals surface area contributed by atoms with Crippen molar-refractivity contribution in [3.05, 3.63) is 77.9 Å².